The maximum atomic E-state index is 12.5. The Balaban J connectivity index is 3.14. The van der Waals surface area contributed by atoms with Crippen molar-refractivity contribution in [1.29, 1.82) is 0 Å². The Bertz CT molecular complexity index is 610. The van der Waals surface area contributed by atoms with Crippen molar-refractivity contribution in [3.05, 3.63) is 11.4 Å². The van der Waals surface area contributed by atoms with Crippen molar-refractivity contribution in [3.8, 4) is 0 Å². The molecule has 7 nitrogen and oxygen atoms in total. The molecule has 120 valence electrons. The Labute approximate surface area is 129 Å². The topological polar surface area (TPSA) is 101 Å². The molecule has 0 amide bonds. The van der Waals surface area contributed by atoms with Crippen LogP contribution in [-0.2, 0) is 21.4 Å². The Hall–Kier alpha value is -1.06. The summed E-state index contributed by atoms with van der Waals surface area (Å²) in [4.78, 5) is 10.8. The zero-order valence-electron chi connectivity index (χ0n) is 12.6. The van der Waals surface area contributed by atoms with E-state index in [9.17, 15) is 13.2 Å². The molecule has 0 bridgehead atoms. The molecule has 0 radical (unpaired) electrons. The van der Waals surface area contributed by atoms with Crippen molar-refractivity contribution in [3.63, 3.8) is 0 Å². The molecule has 1 aromatic rings. The minimum Gasteiger partial charge on any atom is -0.480 e. The lowest BCUT2D eigenvalue weighted by atomic mass is 10.3. The van der Waals surface area contributed by atoms with Crippen LogP contribution in [0, 0.1) is 13.8 Å². The van der Waals surface area contributed by atoms with Crippen molar-refractivity contribution in [1.82, 2.24) is 14.5 Å². The van der Waals surface area contributed by atoms with Gasteiger partial charge in [0.05, 0.1) is 11.4 Å². The van der Waals surface area contributed by atoms with E-state index in [1.807, 2.05) is 13.2 Å². The summed E-state index contributed by atoms with van der Waals surface area (Å²) in [6, 6.07) is -0.161. The summed E-state index contributed by atoms with van der Waals surface area (Å²) in [5.41, 5.74) is 0.640. The molecule has 21 heavy (non-hydrogen) atoms. The second-order valence-corrected chi connectivity index (χ2v) is 7.29. The maximum Gasteiger partial charge on any atom is 0.325 e. The maximum absolute atomic E-state index is 12.5. The van der Waals surface area contributed by atoms with Gasteiger partial charge in [0.2, 0.25) is 10.0 Å². The number of hydrogen-bond acceptors (Lipinski definition) is 5. The van der Waals surface area contributed by atoms with Crippen LogP contribution in [0.15, 0.2) is 4.90 Å². The van der Waals surface area contributed by atoms with Gasteiger partial charge in [-0.3, -0.25) is 9.48 Å². The van der Waals surface area contributed by atoms with E-state index in [1.165, 1.54) is 4.68 Å². The van der Waals surface area contributed by atoms with Crippen LogP contribution in [0.1, 0.15) is 24.7 Å². The number of thioether (sulfide) groups is 1. The van der Waals surface area contributed by atoms with E-state index in [4.69, 9.17) is 5.11 Å². The number of rotatable bonds is 8. The molecule has 2 N–H and O–H groups in total. The molecule has 1 heterocycles. The quantitative estimate of drug-likeness (QED) is 0.735. The fraction of sp³-hybridized carbons (Fsp3) is 0.667. The molecule has 0 aliphatic heterocycles. The normalized spacial score (nSPS) is 13.3. The third-order valence-corrected chi connectivity index (χ3v) is 5.56. The third-order valence-electron chi connectivity index (χ3n) is 3.05. The summed E-state index contributed by atoms with van der Waals surface area (Å²) in [6.45, 7) is 4.68. The number of aryl methyl sites for hydroxylation is 1. The molecule has 0 aliphatic rings. The zero-order chi connectivity index (χ0) is 16.2. The van der Waals surface area contributed by atoms with E-state index in [0.29, 0.717) is 23.6 Å². The lowest BCUT2D eigenvalue weighted by Crippen LogP contribution is -2.36. The molecule has 9 heteroatoms. The first-order valence-electron chi connectivity index (χ1n) is 6.50. The Morgan fingerprint density at radius 3 is 2.57 bits per heavy atom. The van der Waals surface area contributed by atoms with Gasteiger partial charge < -0.3 is 5.11 Å². The Morgan fingerprint density at radius 2 is 2.10 bits per heavy atom. The molecule has 0 saturated carbocycles. The summed E-state index contributed by atoms with van der Waals surface area (Å²) in [5, 5.41) is 12.8. The van der Waals surface area contributed by atoms with Gasteiger partial charge in [-0.1, -0.05) is 6.92 Å². The highest BCUT2D eigenvalue weighted by Crippen LogP contribution is 2.20. The van der Waals surface area contributed by atoms with E-state index in [1.54, 1.807) is 25.6 Å². The van der Waals surface area contributed by atoms with Gasteiger partial charge in [-0.25, -0.2) is 13.1 Å². The van der Waals surface area contributed by atoms with Crippen LogP contribution in [0.3, 0.4) is 0 Å². The van der Waals surface area contributed by atoms with Crippen molar-refractivity contribution in [2.24, 2.45) is 0 Å². The number of aliphatic carboxylic acids is 1. The average molecular weight is 335 g/mol. The van der Waals surface area contributed by atoms with Gasteiger partial charge >= 0.3 is 5.97 Å². The molecule has 1 aromatic heterocycles. The van der Waals surface area contributed by atoms with E-state index in [0.717, 1.165) is 0 Å². The Kier molecular flexibility index (Phi) is 6.24. The van der Waals surface area contributed by atoms with Gasteiger partial charge in [0.25, 0.3) is 0 Å². The van der Waals surface area contributed by atoms with Gasteiger partial charge in [-0.2, -0.15) is 16.9 Å². The van der Waals surface area contributed by atoms with Crippen molar-refractivity contribution in [2.45, 2.75) is 44.7 Å². The van der Waals surface area contributed by atoms with Gasteiger partial charge in [-0.05, 0) is 26.5 Å². The van der Waals surface area contributed by atoms with Crippen molar-refractivity contribution in [2.75, 3.05) is 12.0 Å². The largest absolute Gasteiger partial charge is 0.480 e. The minimum absolute atomic E-state index is 0.0725. The molecule has 0 spiro atoms. The third kappa shape index (κ3) is 4.45. The highest BCUT2D eigenvalue weighted by Gasteiger charge is 2.27. The standard InChI is InChI=1S/C12H21N3O4S2/c1-5-10(7-20-4)14-21(18,19)12-8(2)13-15(9(12)3)6-11(16)17/h10,14H,5-7H2,1-4H3,(H,16,17). The fourth-order valence-corrected chi connectivity index (χ4v) is 4.62. The number of sulfonamides is 1. The summed E-state index contributed by atoms with van der Waals surface area (Å²) in [6.07, 6.45) is 2.60. The lowest BCUT2D eigenvalue weighted by Gasteiger charge is -2.16. The molecular weight excluding hydrogens is 314 g/mol. The first-order chi connectivity index (χ1) is 9.72. The van der Waals surface area contributed by atoms with Crippen LogP contribution in [-0.4, -0.2) is 47.3 Å². The summed E-state index contributed by atoms with van der Waals surface area (Å²) >= 11 is 1.57. The number of carboxylic acids is 1. The second kappa shape index (κ2) is 7.28. The number of nitrogens with zero attached hydrogens (tertiary/aromatic N) is 2. The first-order valence-corrected chi connectivity index (χ1v) is 9.37. The molecule has 0 saturated heterocycles. The highest BCUT2D eigenvalue weighted by atomic mass is 32.2. The van der Waals surface area contributed by atoms with Crippen LogP contribution in [0.2, 0.25) is 0 Å². The van der Waals surface area contributed by atoms with Gasteiger partial charge in [0.15, 0.2) is 0 Å². The number of nitrogens with one attached hydrogen (secondary N) is 1. The van der Waals surface area contributed by atoms with Crippen LogP contribution in [0.4, 0.5) is 0 Å². The second-order valence-electron chi connectivity index (χ2n) is 4.73. The molecule has 0 aliphatic carbocycles. The van der Waals surface area contributed by atoms with E-state index < -0.39 is 16.0 Å². The molecule has 0 aromatic carbocycles. The molecule has 1 atom stereocenters. The predicted octanol–water partition coefficient (Wildman–Crippen LogP) is 1.00. The monoisotopic (exact) mass is 335 g/mol. The number of carbonyl (C=O) groups is 1. The molecule has 1 rings (SSSR count). The molecule has 0 fully saturated rings. The molecular formula is C12H21N3O4S2. The van der Waals surface area contributed by atoms with Crippen molar-refractivity contribution >= 4 is 27.8 Å². The summed E-state index contributed by atoms with van der Waals surface area (Å²) in [5.74, 6) is -0.386. The molecule has 1 unspecified atom stereocenters. The highest BCUT2D eigenvalue weighted by molar-refractivity contribution is 7.98. The zero-order valence-corrected chi connectivity index (χ0v) is 14.2. The minimum atomic E-state index is -3.71. The number of hydrogen-bond donors (Lipinski definition) is 2. The van der Waals surface area contributed by atoms with E-state index in [-0.39, 0.29) is 17.5 Å². The van der Waals surface area contributed by atoms with Crippen LogP contribution >= 0.6 is 11.8 Å². The van der Waals surface area contributed by atoms with Crippen molar-refractivity contribution < 1.29 is 18.3 Å². The lowest BCUT2D eigenvalue weighted by molar-refractivity contribution is -0.137. The SMILES string of the molecule is CCC(CSC)NS(=O)(=O)c1c(C)nn(CC(=O)O)c1C. The smallest absolute Gasteiger partial charge is 0.325 e. The van der Waals surface area contributed by atoms with Crippen LogP contribution in [0.5, 0.6) is 0 Å². The summed E-state index contributed by atoms with van der Waals surface area (Å²) in [7, 11) is -3.71. The van der Waals surface area contributed by atoms with Gasteiger partial charge in [0.1, 0.15) is 11.4 Å². The first kappa shape index (κ1) is 18.0. The fourth-order valence-electron chi connectivity index (χ4n) is 2.07. The van der Waals surface area contributed by atoms with Crippen LogP contribution < -0.4 is 4.72 Å². The summed E-state index contributed by atoms with van der Waals surface area (Å²) < 4.78 is 28.8. The number of carboxylic acid groups (broad SMARTS) is 1. The van der Waals surface area contributed by atoms with E-state index in [2.05, 4.69) is 9.82 Å². The van der Waals surface area contributed by atoms with Gasteiger partial charge in [-0.15, -0.1) is 0 Å². The van der Waals surface area contributed by atoms with E-state index >= 15 is 0 Å². The predicted molar refractivity (Wildman–Crippen MR) is 82.1 cm³/mol. The van der Waals surface area contributed by atoms with Crippen LogP contribution in [0.25, 0.3) is 0 Å². The van der Waals surface area contributed by atoms with Gasteiger partial charge in [0, 0.05) is 11.8 Å². The Morgan fingerprint density at radius 1 is 1.48 bits per heavy atom. The average Bonchev–Trinajstić information content (AvgIpc) is 2.63. The number of aromatic nitrogens is 2.